The van der Waals surface area contributed by atoms with Gasteiger partial charge in [-0.2, -0.15) is 4.31 Å². The minimum absolute atomic E-state index is 0.0264. The zero-order valence-corrected chi connectivity index (χ0v) is 13.2. The van der Waals surface area contributed by atoms with Crippen molar-refractivity contribution in [3.63, 3.8) is 0 Å². The Morgan fingerprint density at radius 1 is 1.30 bits per heavy atom. The smallest absolute Gasteiger partial charge is 0.223 e. The van der Waals surface area contributed by atoms with Gasteiger partial charge in [-0.05, 0) is 6.54 Å². The topological polar surface area (TPSA) is 60.9 Å². The van der Waals surface area contributed by atoms with Crippen LogP contribution in [0.4, 0.5) is 0 Å². The van der Waals surface area contributed by atoms with Crippen molar-refractivity contribution in [3.8, 4) is 0 Å². The molecule has 0 aromatic carbocycles. The second-order valence-corrected chi connectivity index (χ2v) is 6.96. The van der Waals surface area contributed by atoms with Gasteiger partial charge in [-0.3, -0.25) is 4.79 Å². The van der Waals surface area contributed by atoms with Crippen molar-refractivity contribution in [1.82, 2.24) is 14.1 Å². The van der Waals surface area contributed by atoms with Crippen LogP contribution in [0.2, 0.25) is 0 Å². The number of carbonyl (C=O) groups excluding carboxylic acids is 1. The average molecular weight is 303 g/mol. The molecule has 7 heteroatoms. The van der Waals surface area contributed by atoms with Gasteiger partial charge in [-0.25, -0.2) is 8.42 Å². The van der Waals surface area contributed by atoms with Crippen molar-refractivity contribution in [2.75, 3.05) is 52.1 Å². The monoisotopic (exact) mass is 303 g/mol. The van der Waals surface area contributed by atoms with E-state index in [-0.39, 0.29) is 25.4 Å². The van der Waals surface area contributed by atoms with Crippen molar-refractivity contribution >= 4 is 15.9 Å². The molecule has 0 aromatic heterocycles. The maximum Gasteiger partial charge on any atom is 0.223 e. The van der Waals surface area contributed by atoms with Crippen LogP contribution < -0.4 is 0 Å². The molecule has 1 amide bonds. The zero-order chi connectivity index (χ0) is 15.2. The summed E-state index contributed by atoms with van der Waals surface area (Å²) in [6, 6.07) is 0. The van der Waals surface area contributed by atoms with Gasteiger partial charge in [-0.1, -0.05) is 13.0 Å². The number of piperazine rings is 1. The van der Waals surface area contributed by atoms with Crippen LogP contribution in [0.25, 0.3) is 0 Å². The molecule has 1 saturated heterocycles. The summed E-state index contributed by atoms with van der Waals surface area (Å²) in [6.45, 7) is 10.4. The molecule has 1 aliphatic heterocycles. The lowest BCUT2D eigenvalue weighted by atomic mass is 10.2. The summed E-state index contributed by atoms with van der Waals surface area (Å²) >= 11 is 0. The van der Waals surface area contributed by atoms with Crippen LogP contribution in [0.15, 0.2) is 12.7 Å². The molecule has 0 radical (unpaired) electrons. The van der Waals surface area contributed by atoms with Crippen molar-refractivity contribution in [2.24, 2.45) is 0 Å². The van der Waals surface area contributed by atoms with E-state index in [0.717, 1.165) is 39.0 Å². The highest BCUT2D eigenvalue weighted by atomic mass is 32.2. The second-order valence-electron chi connectivity index (χ2n) is 4.97. The fourth-order valence-electron chi connectivity index (χ4n) is 2.23. The number of hydrogen-bond donors (Lipinski definition) is 0. The van der Waals surface area contributed by atoms with E-state index in [1.807, 2.05) is 4.90 Å². The summed E-state index contributed by atoms with van der Waals surface area (Å²) in [6.07, 6.45) is 2.92. The lowest BCUT2D eigenvalue weighted by Gasteiger charge is -2.34. The van der Waals surface area contributed by atoms with Gasteiger partial charge in [0.15, 0.2) is 0 Å². The Morgan fingerprint density at radius 3 is 2.35 bits per heavy atom. The first-order valence-corrected chi connectivity index (χ1v) is 8.79. The molecule has 1 rings (SSSR count). The first kappa shape index (κ1) is 17.1. The van der Waals surface area contributed by atoms with Crippen molar-refractivity contribution in [1.29, 1.82) is 0 Å². The molecule has 0 N–H and O–H groups in total. The van der Waals surface area contributed by atoms with Crippen LogP contribution in [0, 0.1) is 0 Å². The Bertz CT molecular complexity index is 428. The van der Waals surface area contributed by atoms with Gasteiger partial charge >= 0.3 is 0 Å². The molecule has 116 valence electrons. The summed E-state index contributed by atoms with van der Waals surface area (Å²) < 4.78 is 24.4. The maximum absolute atomic E-state index is 12.1. The van der Waals surface area contributed by atoms with Gasteiger partial charge in [0.1, 0.15) is 0 Å². The third-order valence-electron chi connectivity index (χ3n) is 3.55. The molecule has 0 unspecified atom stereocenters. The minimum Gasteiger partial charge on any atom is -0.340 e. The molecule has 0 atom stereocenters. The predicted molar refractivity (Wildman–Crippen MR) is 79.9 cm³/mol. The quantitative estimate of drug-likeness (QED) is 0.621. The van der Waals surface area contributed by atoms with Crippen molar-refractivity contribution in [3.05, 3.63) is 12.7 Å². The van der Waals surface area contributed by atoms with E-state index < -0.39 is 10.0 Å². The molecule has 1 heterocycles. The van der Waals surface area contributed by atoms with Crippen molar-refractivity contribution < 1.29 is 13.2 Å². The fraction of sp³-hybridized carbons (Fsp3) is 0.769. The minimum atomic E-state index is -3.28. The first-order chi connectivity index (χ1) is 9.38. The molecule has 1 fully saturated rings. The van der Waals surface area contributed by atoms with E-state index in [2.05, 4.69) is 18.4 Å². The average Bonchev–Trinajstić information content (AvgIpc) is 2.42. The highest BCUT2D eigenvalue weighted by Crippen LogP contribution is 2.06. The van der Waals surface area contributed by atoms with Crippen molar-refractivity contribution in [2.45, 2.75) is 13.3 Å². The summed E-state index contributed by atoms with van der Waals surface area (Å²) in [5.41, 5.74) is 0. The molecule has 0 spiro atoms. The molecule has 6 nitrogen and oxygen atoms in total. The zero-order valence-electron chi connectivity index (χ0n) is 12.4. The fourth-order valence-corrected chi connectivity index (χ4v) is 3.03. The van der Waals surface area contributed by atoms with E-state index in [4.69, 9.17) is 0 Å². The molecule has 0 saturated carbocycles. The third-order valence-corrected chi connectivity index (χ3v) is 4.82. The van der Waals surface area contributed by atoms with Crippen LogP contribution in [0.3, 0.4) is 0 Å². The van der Waals surface area contributed by atoms with Crippen LogP contribution in [0.1, 0.15) is 13.3 Å². The summed E-state index contributed by atoms with van der Waals surface area (Å²) in [7, 11) is -3.28. The van der Waals surface area contributed by atoms with Gasteiger partial charge in [0.2, 0.25) is 15.9 Å². The highest BCUT2D eigenvalue weighted by Gasteiger charge is 2.22. The Hall–Kier alpha value is -0.920. The molecule has 0 aliphatic carbocycles. The Labute approximate surface area is 122 Å². The largest absolute Gasteiger partial charge is 0.340 e. The van der Waals surface area contributed by atoms with Crippen LogP contribution in [-0.2, 0) is 14.8 Å². The SMILES string of the molecule is C=CCN(CCC(=O)N1CCN(CC)CC1)S(C)(=O)=O. The van der Waals surface area contributed by atoms with E-state index in [1.165, 1.54) is 10.4 Å². The summed E-state index contributed by atoms with van der Waals surface area (Å²) in [5, 5.41) is 0. The summed E-state index contributed by atoms with van der Waals surface area (Å²) in [5.74, 6) is 0.0264. The predicted octanol–water partition coefficient (Wildman–Crippen LogP) is -0.0118. The van der Waals surface area contributed by atoms with E-state index in [1.54, 1.807) is 0 Å². The van der Waals surface area contributed by atoms with Crippen LogP contribution in [0.5, 0.6) is 0 Å². The third kappa shape index (κ3) is 5.22. The molecule has 1 aliphatic rings. The number of carbonyl (C=O) groups is 1. The molecular formula is C13H25N3O3S. The summed E-state index contributed by atoms with van der Waals surface area (Å²) in [4.78, 5) is 16.2. The van der Waals surface area contributed by atoms with Gasteiger partial charge in [0.05, 0.1) is 6.26 Å². The number of likely N-dealkylation sites (N-methyl/N-ethyl adjacent to an activating group) is 1. The Balaban J connectivity index is 2.44. The van der Waals surface area contributed by atoms with E-state index >= 15 is 0 Å². The van der Waals surface area contributed by atoms with Gasteiger partial charge in [0, 0.05) is 45.7 Å². The van der Waals surface area contributed by atoms with E-state index in [0.29, 0.717) is 0 Å². The lowest BCUT2D eigenvalue weighted by molar-refractivity contribution is -0.133. The highest BCUT2D eigenvalue weighted by molar-refractivity contribution is 7.88. The molecule has 0 aromatic rings. The van der Waals surface area contributed by atoms with Gasteiger partial charge in [0.25, 0.3) is 0 Å². The number of amides is 1. The normalized spacial score (nSPS) is 17.4. The standard InChI is InChI=1S/C13H25N3O3S/c1-4-7-16(20(3,18)19)8-6-13(17)15-11-9-14(5-2)10-12-15/h4H,1,5-12H2,2-3H3. The Kier molecular flexibility index (Phi) is 6.64. The molecule has 20 heavy (non-hydrogen) atoms. The molecular weight excluding hydrogens is 278 g/mol. The number of sulfonamides is 1. The van der Waals surface area contributed by atoms with Gasteiger partial charge in [-0.15, -0.1) is 6.58 Å². The lowest BCUT2D eigenvalue weighted by Crippen LogP contribution is -2.49. The number of nitrogens with zero attached hydrogens (tertiary/aromatic N) is 3. The van der Waals surface area contributed by atoms with Gasteiger partial charge < -0.3 is 9.80 Å². The van der Waals surface area contributed by atoms with Crippen LogP contribution in [-0.4, -0.2) is 80.5 Å². The number of hydrogen-bond acceptors (Lipinski definition) is 4. The number of rotatable bonds is 7. The Morgan fingerprint density at radius 2 is 1.90 bits per heavy atom. The first-order valence-electron chi connectivity index (χ1n) is 6.94. The second kappa shape index (κ2) is 7.75. The maximum atomic E-state index is 12.1. The molecule has 0 bridgehead atoms. The van der Waals surface area contributed by atoms with Crippen LogP contribution >= 0.6 is 0 Å². The van der Waals surface area contributed by atoms with E-state index in [9.17, 15) is 13.2 Å².